The molecule has 0 spiro atoms. The van der Waals surface area contributed by atoms with Gasteiger partial charge < -0.3 is 5.32 Å². The highest BCUT2D eigenvalue weighted by atomic mass is 35.5. The molecule has 1 unspecified atom stereocenters. The number of aryl methyl sites for hydroxylation is 1. The fraction of sp³-hybridized carbons (Fsp3) is 0.714. The Morgan fingerprint density at radius 3 is 2.39 bits per heavy atom. The van der Waals surface area contributed by atoms with Crippen LogP contribution in [0.5, 0.6) is 0 Å². The van der Waals surface area contributed by atoms with E-state index >= 15 is 0 Å². The molecule has 1 aromatic heterocycles. The molecule has 18 heavy (non-hydrogen) atoms. The van der Waals surface area contributed by atoms with Crippen LogP contribution in [0.25, 0.3) is 0 Å². The molecular formula is C14H24ClN3. The maximum absolute atomic E-state index is 6.12. The molecule has 102 valence electrons. The van der Waals surface area contributed by atoms with Crippen molar-refractivity contribution < 1.29 is 0 Å². The van der Waals surface area contributed by atoms with Crippen molar-refractivity contribution in [2.45, 2.75) is 59.9 Å². The maximum atomic E-state index is 6.12. The minimum absolute atomic E-state index is 0.404. The number of anilines is 1. The first-order valence-electron chi connectivity index (χ1n) is 6.73. The summed E-state index contributed by atoms with van der Waals surface area (Å²) in [5.41, 5.74) is 0.935. The van der Waals surface area contributed by atoms with Crippen molar-refractivity contribution in [3.8, 4) is 0 Å². The summed E-state index contributed by atoms with van der Waals surface area (Å²) in [4.78, 5) is 8.76. The van der Waals surface area contributed by atoms with Crippen LogP contribution in [0.1, 0.15) is 51.9 Å². The Morgan fingerprint density at radius 1 is 1.17 bits per heavy atom. The van der Waals surface area contributed by atoms with Gasteiger partial charge in [-0.15, -0.1) is 0 Å². The number of rotatable bonds is 6. The molecule has 3 nitrogen and oxygen atoms in total. The first-order valence-corrected chi connectivity index (χ1v) is 7.11. The van der Waals surface area contributed by atoms with Crippen LogP contribution in [0.4, 0.5) is 5.82 Å². The summed E-state index contributed by atoms with van der Waals surface area (Å²) in [5, 5.41) is 4.00. The number of hydrogen-bond acceptors (Lipinski definition) is 3. The smallest absolute Gasteiger partial charge is 0.137 e. The average Bonchev–Trinajstić information content (AvgIpc) is 2.32. The third kappa shape index (κ3) is 4.45. The molecule has 0 aromatic carbocycles. The number of hydrogen-bond donors (Lipinski definition) is 1. The zero-order valence-electron chi connectivity index (χ0n) is 12.0. The first-order chi connectivity index (χ1) is 8.43. The van der Waals surface area contributed by atoms with Crippen molar-refractivity contribution in [1.29, 1.82) is 0 Å². The van der Waals surface area contributed by atoms with E-state index in [9.17, 15) is 0 Å². The van der Waals surface area contributed by atoms with E-state index < -0.39 is 0 Å². The molecule has 0 aliphatic carbocycles. The molecule has 0 amide bonds. The van der Waals surface area contributed by atoms with Gasteiger partial charge in [0, 0.05) is 18.0 Å². The summed E-state index contributed by atoms with van der Waals surface area (Å²) < 4.78 is 0. The van der Waals surface area contributed by atoms with Crippen LogP contribution in [-0.4, -0.2) is 16.0 Å². The van der Waals surface area contributed by atoms with Crippen molar-refractivity contribution in [1.82, 2.24) is 9.97 Å². The molecule has 0 aliphatic heterocycles. The van der Waals surface area contributed by atoms with Crippen LogP contribution >= 0.6 is 11.6 Å². The highest BCUT2D eigenvalue weighted by Gasteiger charge is 2.11. The summed E-state index contributed by atoms with van der Waals surface area (Å²) in [7, 11) is 0. The van der Waals surface area contributed by atoms with Crippen molar-refractivity contribution in [3.05, 3.63) is 16.5 Å². The van der Waals surface area contributed by atoms with Gasteiger partial charge in [-0.05, 0) is 32.6 Å². The van der Waals surface area contributed by atoms with E-state index in [1.54, 1.807) is 0 Å². The summed E-state index contributed by atoms with van der Waals surface area (Å²) >= 11 is 6.12. The van der Waals surface area contributed by atoms with Gasteiger partial charge >= 0.3 is 0 Å². The number of aromatic nitrogens is 2. The standard InChI is InChI=1S/C14H24ClN3/c1-6-12-17-13(15)11(5)14(18-12)16-10(4)8-7-9(2)3/h9-10H,6-8H2,1-5H3,(H,16,17,18). The van der Waals surface area contributed by atoms with Crippen molar-refractivity contribution >= 4 is 17.4 Å². The van der Waals surface area contributed by atoms with Crippen LogP contribution in [0, 0.1) is 12.8 Å². The predicted molar refractivity (Wildman–Crippen MR) is 78.3 cm³/mol. The fourth-order valence-electron chi connectivity index (χ4n) is 1.72. The highest BCUT2D eigenvalue weighted by molar-refractivity contribution is 6.30. The zero-order chi connectivity index (χ0) is 13.7. The lowest BCUT2D eigenvalue weighted by Gasteiger charge is -2.18. The van der Waals surface area contributed by atoms with Crippen LogP contribution in [0.3, 0.4) is 0 Å². The minimum Gasteiger partial charge on any atom is -0.367 e. The topological polar surface area (TPSA) is 37.8 Å². The first kappa shape index (κ1) is 15.2. The van der Waals surface area contributed by atoms with Gasteiger partial charge in [0.15, 0.2) is 0 Å². The lowest BCUT2D eigenvalue weighted by Crippen LogP contribution is -2.18. The molecule has 0 aliphatic rings. The van der Waals surface area contributed by atoms with Crippen LogP contribution in [0.2, 0.25) is 5.15 Å². The Labute approximate surface area is 115 Å². The third-order valence-corrected chi connectivity index (χ3v) is 3.38. The zero-order valence-corrected chi connectivity index (χ0v) is 12.8. The van der Waals surface area contributed by atoms with Gasteiger partial charge in [0.25, 0.3) is 0 Å². The second kappa shape index (κ2) is 6.93. The molecule has 1 aromatic rings. The molecule has 0 saturated heterocycles. The molecule has 0 bridgehead atoms. The molecule has 4 heteroatoms. The quantitative estimate of drug-likeness (QED) is 0.785. The summed E-state index contributed by atoms with van der Waals surface area (Å²) in [5.74, 6) is 2.41. The number of halogens is 1. The van der Waals surface area contributed by atoms with Gasteiger partial charge in [0.1, 0.15) is 16.8 Å². The van der Waals surface area contributed by atoms with Crippen LogP contribution < -0.4 is 5.32 Å². The summed E-state index contributed by atoms with van der Waals surface area (Å²) in [6.45, 7) is 10.7. The van der Waals surface area contributed by atoms with E-state index in [0.717, 1.165) is 36.0 Å². The molecule has 1 heterocycles. The molecule has 1 rings (SSSR count). The lowest BCUT2D eigenvalue weighted by molar-refractivity contribution is 0.527. The van der Waals surface area contributed by atoms with Gasteiger partial charge in [-0.25, -0.2) is 9.97 Å². The van der Waals surface area contributed by atoms with E-state index in [1.165, 1.54) is 6.42 Å². The largest absolute Gasteiger partial charge is 0.367 e. The molecule has 1 atom stereocenters. The Bertz CT molecular complexity index is 391. The second-order valence-electron chi connectivity index (χ2n) is 5.27. The molecule has 0 fully saturated rings. The number of nitrogens with one attached hydrogen (secondary N) is 1. The lowest BCUT2D eigenvalue weighted by atomic mass is 10.0. The van der Waals surface area contributed by atoms with Gasteiger partial charge in [0.05, 0.1) is 0 Å². The molecule has 0 saturated carbocycles. The monoisotopic (exact) mass is 269 g/mol. The van der Waals surface area contributed by atoms with E-state index in [-0.39, 0.29) is 0 Å². The average molecular weight is 270 g/mol. The van der Waals surface area contributed by atoms with Gasteiger partial charge in [-0.3, -0.25) is 0 Å². The van der Waals surface area contributed by atoms with E-state index in [4.69, 9.17) is 11.6 Å². The Balaban J connectivity index is 2.74. The Hall–Kier alpha value is -0.830. The summed E-state index contributed by atoms with van der Waals surface area (Å²) in [6.07, 6.45) is 3.15. The predicted octanol–water partition coefficient (Wildman–Crippen LogP) is 4.24. The molecular weight excluding hydrogens is 246 g/mol. The van der Waals surface area contributed by atoms with Gasteiger partial charge in [-0.2, -0.15) is 0 Å². The Kier molecular flexibility index (Phi) is 5.86. The molecule has 0 radical (unpaired) electrons. The normalized spacial score (nSPS) is 12.8. The third-order valence-electron chi connectivity index (χ3n) is 3.01. The maximum Gasteiger partial charge on any atom is 0.137 e. The second-order valence-corrected chi connectivity index (χ2v) is 5.63. The molecule has 1 N–H and O–H groups in total. The van der Waals surface area contributed by atoms with E-state index in [1.807, 2.05) is 13.8 Å². The minimum atomic E-state index is 0.404. The van der Waals surface area contributed by atoms with Crippen molar-refractivity contribution in [2.75, 3.05) is 5.32 Å². The van der Waals surface area contributed by atoms with Crippen LogP contribution in [-0.2, 0) is 6.42 Å². The SMILES string of the molecule is CCc1nc(Cl)c(C)c(NC(C)CCC(C)C)n1. The summed E-state index contributed by atoms with van der Waals surface area (Å²) in [6, 6.07) is 0.404. The van der Waals surface area contributed by atoms with Crippen molar-refractivity contribution in [2.24, 2.45) is 5.92 Å². The van der Waals surface area contributed by atoms with E-state index in [0.29, 0.717) is 11.2 Å². The van der Waals surface area contributed by atoms with Crippen molar-refractivity contribution in [3.63, 3.8) is 0 Å². The van der Waals surface area contributed by atoms with Gasteiger partial charge in [-0.1, -0.05) is 32.4 Å². The van der Waals surface area contributed by atoms with Crippen LogP contribution in [0.15, 0.2) is 0 Å². The Morgan fingerprint density at radius 2 is 1.83 bits per heavy atom. The van der Waals surface area contributed by atoms with Gasteiger partial charge in [0.2, 0.25) is 0 Å². The fourth-order valence-corrected chi connectivity index (χ4v) is 1.91. The van der Waals surface area contributed by atoms with E-state index in [2.05, 4.69) is 36.1 Å². The highest BCUT2D eigenvalue weighted by Crippen LogP contribution is 2.21. The number of nitrogens with zero attached hydrogens (tertiary/aromatic N) is 2.